The van der Waals surface area contributed by atoms with E-state index in [1.54, 1.807) is 6.20 Å². The molecule has 1 aromatic heterocycles. The molecule has 7 heteroatoms. The lowest BCUT2D eigenvalue weighted by Crippen LogP contribution is -2.37. The van der Waals surface area contributed by atoms with E-state index in [-0.39, 0.29) is 18.4 Å². The highest BCUT2D eigenvalue weighted by molar-refractivity contribution is 5.92. The molecule has 0 radical (unpaired) electrons. The van der Waals surface area contributed by atoms with Crippen molar-refractivity contribution in [2.24, 2.45) is 11.8 Å². The van der Waals surface area contributed by atoms with Crippen molar-refractivity contribution in [2.45, 2.75) is 0 Å². The maximum atomic E-state index is 12.3. The molecule has 0 saturated carbocycles. The van der Waals surface area contributed by atoms with Crippen LogP contribution in [0.1, 0.15) is 10.5 Å². The summed E-state index contributed by atoms with van der Waals surface area (Å²) in [5, 5.41) is 0. The lowest BCUT2D eigenvalue weighted by Gasteiger charge is -2.21. The molecule has 2 fully saturated rings. The predicted octanol–water partition coefficient (Wildman–Crippen LogP) is -0.347. The summed E-state index contributed by atoms with van der Waals surface area (Å²) < 4.78 is 4.88. The zero-order valence-corrected chi connectivity index (χ0v) is 11.9. The number of hydrogen-bond acceptors (Lipinski definition) is 5. The van der Waals surface area contributed by atoms with Crippen molar-refractivity contribution in [1.82, 2.24) is 19.8 Å². The minimum absolute atomic E-state index is 0.0266. The van der Waals surface area contributed by atoms with E-state index in [2.05, 4.69) is 9.97 Å². The predicted molar refractivity (Wildman–Crippen MR) is 73.4 cm³/mol. The van der Waals surface area contributed by atoms with Gasteiger partial charge >= 0.3 is 0 Å². The van der Waals surface area contributed by atoms with E-state index in [9.17, 15) is 9.59 Å². The molecular formula is C14H18N4O3. The lowest BCUT2D eigenvalue weighted by atomic mass is 10.0. The first-order valence-electron chi connectivity index (χ1n) is 7.01. The molecule has 0 bridgehead atoms. The second-order valence-corrected chi connectivity index (χ2v) is 5.55. The van der Waals surface area contributed by atoms with Crippen molar-refractivity contribution in [3.63, 3.8) is 0 Å². The first-order chi connectivity index (χ1) is 10.2. The van der Waals surface area contributed by atoms with Crippen LogP contribution in [0.4, 0.5) is 0 Å². The van der Waals surface area contributed by atoms with Crippen molar-refractivity contribution in [1.29, 1.82) is 0 Å². The Morgan fingerprint density at radius 3 is 2.43 bits per heavy atom. The minimum Gasteiger partial charge on any atom is -0.375 e. The van der Waals surface area contributed by atoms with Crippen LogP contribution in [0, 0.1) is 11.8 Å². The largest absolute Gasteiger partial charge is 0.375 e. The summed E-state index contributed by atoms with van der Waals surface area (Å²) in [6.07, 6.45) is 4.56. The van der Waals surface area contributed by atoms with E-state index in [0.717, 1.165) is 0 Å². The molecular weight excluding hydrogens is 272 g/mol. The Morgan fingerprint density at radius 1 is 1.19 bits per heavy atom. The Kier molecular flexibility index (Phi) is 3.83. The average Bonchev–Trinajstić information content (AvgIpc) is 3.06. The van der Waals surface area contributed by atoms with E-state index in [1.165, 1.54) is 19.5 Å². The fourth-order valence-electron chi connectivity index (χ4n) is 3.15. The van der Waals surface area contributed by atoms with Gasteiger partial charge in [-0.25, -0.2) is 4.98 Å². The van der Waals surface area contributed by atoms with Gasteiger partial charge < -0.3 is 14.5 Å². The minimum atomic E-state index is -0.0766. The van der Waals surface area contributed by atoms with Gasteiger partial charge in [0.25, 0.3) is 5.91 Å². The van der Waals surface area contributed by atoms with Gasteiger partial charge in [0.1, 0.15) is 12.3 Å². The molecule has 0 aromatic carbocycles. The van der Waals surface area contributed by atoms with Crippen LogP contribution in [-0.4, -0.2) is 71.5 Å². The molecule has 112 valence electrons. The zero-order chi connectivity index (χ0) is 14.8. The van der Waals surface area contributed by atoms with Crippen LogP contribution in [0.3, 0.4) is 0 Å². The summed E-state index contributed by atoms with van der Waals surface area (Å²) in [6.45, 7) is 2.89. The lowest BCUT2D eigenvalue weighted by molar-refractivity contribution is -0.134. The molecule has 2 amide bonds. The topological polar surface area (TPSA) is 75.6 Å². The average molecular weight is 290 g/mol. The highest BCUT2D eigenvalue weighted by Crippen LogP contribution is 2.31. The van der Waals surface area contributed by atoms with Crippen LogP contribution in [0.25, 0.3) is 0 Å². The molecule has 3 heterocycles. The van der Waals surface area contributed by atoms with Gasteiger partial charge in [0.05, 0.1) is 6.20 Å². The molecule has 21 heavy (non-hydrogen) atoms. The standard InChI is InChI=1S/C14H18N4O3/c1-21-9-13(19)17-5-10-7-18(8-11(10)6-17)14(20)12-4-15-2-3-16-12/h2-4,10-11H,5-9H2,1H3. The van der Waals surface area contributed by atoms with Crippen molar-refractivity contribution in [2.75, 3.05) is 39.9 Å². The second kappa shape index (κ2) is 5.77. The third-order valence-corrected chi connectivity index (χ3v) is 4.18. The van der Waals surface area contributed by atoms with Crippen LogP contribution in [0.5, 0.6) is 0 Å². The van der Waals surface area contributed by atoms with Gasteiger partial charge in [-0.3, -0.25) is 14.6 Å². The van der Waals surface area contributed by atoms with Crippen LogP contribution in [0.2, 0.25) is 0 Å². The van der Waals surface area contributed by atoms with E-state index in [0.29, 0.717) is 43.7 Å². The number of fused-ring (bicyclic) bond motifs is 1. The molecule has 0 spiro atoms. The molecule has 3 rings (SSSR count). The number of likely N-dealkylation sites (tertiary alicyclic amines) is 2. The molecule has 2 aliphatic heterocycles. The number of hydrogen-bond donors (Lipinski definition) is 0. The van der Waals surface area contributed by atoms with E-state index < -0.39 is 0 Å². The maximum Gasteiger partial charge on any atom is 0.274 e. The smallest absolute Gasteiger partial charge is 0.274 e. The molecule has 0 aliphatic carbocycles. The monoisotopic (exact) mass is 290 g/mol. The zero-order valence-electron chi connectivity index (χ0n) is 11.9. The Bertz CT molecular complexity index is 522. The number of carbonyl (C=O) groups excluding carboxylic acids is 2. The molecule has 2 aliphatic rings. The van der Waals surface area contributed by atoms with Crippen LogP contribution in [0.15, 0.2) is 18.6 Å². The molecule has 2 unspecified atom stereocenters. The van der Waals surface area contributed by atoms with Gasteiger partial charge in [-0.1, -0.05) is 0 Å². The van der Waals surface area contributed by atoms with E-state index >= 15 is 0 Å². The van der Waals surface area contributed by atoms with Crippen LogP contribution < -0.4 is 0 Å². The van der Waals surface area contributed by atoms with Gasteiger partial charge in [0.2, 0.25) is 5.91 Å². The summed E-state index contributed by atoms with van der Waals surface area (Å²) in [6, 6.07) is 0. The number of methoxy groups -OCH3 is 1. The third kappa shape index (κ3) is 2.73. The molecule has 2 saturated heterocycles. The summed E-state index contributed by atoms with van der Waals surface area (Å²) in [5.74, 6) is 0.656. The van der Waals surface area contributed by atoms with Crippen molar-refractivity contribution in [3.05, 3.63) is 24.3 Å². The van der Waals surface area contributed by atoms with E-state index in [4.69, 9.17) is 4.74 Å². The first-order valence-corrected chi connectivity index (χ1v) is 7.01. The third-order valence-electron chi connectivity index (χ3n) is 4.18. The number of rotatable bonds is 3. The molecule has 0 N–H and O–H groups in total. The van der Waals surface area contributed by atoms with Crippen molar-refractivity contribution < 1.29 is 14.3 Å². The Labute approximate surface area is 122 Å². The Balaban J connectivity index is 1.59. The number of aromatic nitrogens is 2. The highest BCUT2D eigenvalue weighted by atomic mass is 16.5. The highest BCUT2D eigenvalue weighted by Gasteiger charge is 2.43. The summed E-state index contributed by atoms with van der Waals surface area (Å²) in [7, 11) is 1.52. The van der Waals surface area contributed by atoms with Gasteiger partial charge in [-0.05, 0) is 0 Å². The maximum absolute atomic E-state index is 12.3. The van der Waals surface area contributed by atoms with Crippen molar-refractivity contribution >= 4 is 11.8 Å². The number of carbonyl (C=O) groups is 2. The van der Waals surface area contributed by atoms with Gasteiger partial charge in [0, 0.05) is 57.5 Å². The first kappa shape index (κ1) is 13.9. The number of ether oxygens (including phenoxy) is 1. The quantitative estimate of drug-likeness (QED) is 0.761. The van der Waals surface area contributed by atoms with Crippen LogP contribution >= 0.6 is 0 Å². The SMILES string of the molecule is COCC(=O)N1CC2CN(C(=O)c3cnccn3)CC2C1. The Morgan fingerprint density at radius 2 is 1.86 bits per heavy atom. The fourth-order valence-corrected chi connectivity index (χ4v) is 3.15. The van der Waals surface area contributed by atoms with Crippen LogP contribution in [-0.2, 0) is 9.53 Å². The summed E-state index contributed by atoms with van der Waals surface area (Å²) >= 11 is 0. The van der Waals surface area contributed by atoms with E-state index in [1.807, 2.05) is 9.80 Å². The number of nitrogens with zero attached hydrogens (tertiary/aromatic N) is 4. The second-order valence-electron chi connectivity index (χ2n) is 5.55. The van der Waals surface area contributed by atoms with Gasteiger partial charge in [-0.2, -0.15) is 0 Å². The van der Waals surface area contributed by atoms with Crippen molar-refractivity contribution in [3.8, 4) is 0 Å². The summed E-state index contributed by atoms with van der Waals surface area (Å²) in [5.41, 5.74) is 0.379. The molecule has 7 nitrogen and oxygen atoms in total. The van der Waals surface area contributed by atoms with Gasteiger partial charge in [-0.15, -0.1) is 0 Å². The van der Waals surface area contributed by atoms with Gasteiger partial charge in [0.15, 0.2) is 0 Å². The number of amides is 2. The summed E-state index contributed by atoms with van der Waals surface area (Å²) in [4.78, 5) is 35.8. The normalized spacial score (nSPS) is 24.2. The molecule has 2 atom stereocenters. The Hall–Kier alpha value is -2.02. The molecule has 1 aromatic rings. The fraction of sp³-hybridized carbons (Fsp3) is 0.571.